The van der Waals surface area contributed by atoms with E-state index in [1.807, 2.05) is 13.2 Å². The van der Waals surface area contributed by atoms with E-state index in [-0.39, 0.29) is 5.91 Å². The number of nitrogens with zero attached hydrogens (tertiary/aromatic N) is 3. The van der Waals surface area contributed by atoms with Crippen molar-refractivity contribution >= 4 is 5.91 Å². The Morgan fingerprint density at radius 2 is 2.26 bits per heavy atom. The van der Waals surface area contributed by atoms with Crippen LogP contribution >= 0.6 is 0 Å². The van der Waals surface area contributed by atoms with Crippen LogP contribution in [-0.4, -0.2) is 46.3 Å². The molecule has 1 fully saturated rings. The normalized spacial score (nSPS) is 16.5. The Morgan fingerprint density at radius 1 is 1.53 bits per heavy atom. The standard InChI is InChI=1S/C14H24N4O/c1-3-8-18(13-4-6-15-7-5-13)14(19)9-12-10-16-17(2)11-12/h10-11,13,15H,3-9H2,1-2H3. The van der Waals surface area contributed by atoms with Crippen molar-refractivity contribution in [3.8, 4) is 0 Å². The molecule has 106 valence electrons. The molecule has 0 aromatic carbocycles. The van der Waals surface area contributed by atoms with E-state index >= 15 is 0 Å². The highest BCUT2D eigenvalue weighted by Gasteiger charge is 2.24. The lowest BCUT2D eigenvalue weighted by molar-refractivity contribution is -0.133. The first-order chi connectivity index (χ1) is 9.20. The highest BCUT2D eigenvalue weighted by molar-refractivity contribution is 5.79. The zero-order valence-corrected chi connectivity index (χ0v) is 11.9. The molecule has 1 aliphatic rings. The first kappa shape index (κ1) is 14.1. The van der Waals surface area contributed by atoms with Gasteiger partial charge in [0.15, 0.2) is 0 Å². The maximum Gasteiger partial charge on any atom is 0.227 e. The molecule has 1 aliphatic heterocycles. The number of rotatable bonds is 5. The van der Waals surface area contributed by atoms with Crippen molar-refractivity contribution in [1.29, 1.82) is 0 Å². The van der Waals surface area contributed by atoms with E-state index in [2.05, 4.69) is 22.2 Å². The van der Waals surface area contributed by atoms with Gasteiger partial charge in [0.1, 0.15) is 0 Å². The minimum absolute atomic E-state index is 0.238. The van der Waals surface area contributed by atoms with Gasteiger partial charge in [0.2, 0.25) is 5.91 Å². The molecule has 2 rings (SSSR count). The van der Waals surface area contributed by atoms with Crippen LogP contribution in [0.4, 0.5) is 0 Å². The summed E-state index contributed by atoms with van der Waals surface area (Å²) < 4.78 is 1.75. The molecular formula is C14H24N4O. The van der Waals surface area contributed by atoms with Gasteiger partial charge in [0.05, 0.1) is 12.6 Å². The van der Waals surface area contributed by atoms with Gasteiger partial charge in [-0.05, 0) is 37.9 Å². The predicted octanol–water partition coefficient (Wildman–Crippen LogP) is 0.953. The van der Waals surface area contributed by atoms with Gasteiger partial charge in [-0.25, -0.2) is 0 Å². The maximum absolute atomic E-state index is 12.5. The van der Waals surface area contributed by atoms with E-state index in [0.717, 1.165) is 44.5 Å². The van der Waals surface area contributed by atoms with E-state index in [1.54, 1.807) is 10.9 Å². The highest BCUT2D eigenvalue weighted by Crippen LogP contribution is 2.14. The van der Waals surface area contributed by atoms with Crippen LogP contribution < -0.4 is 5.32 Å². The number of aryl methyl sites for hydroxylation is 1. The Kier molecular flexibility index (Phi) is 4.96. The van der Waals surface area contributed by atoms with E-state index in [9.17, 15) is 4.79 Å². The number of amides is 1. The Morgan fingerprint density at radius 3 is 2.84 bits per heavy atom. The van der Waals surface area contributed by atoms with Crippen LogP contribution in [0.25, 0.3) is 0 Å². The fourth-order valence-electron chi connectivity index (χ4n) is 2.71. The zero-order valence-electron chi connectivity index (χ0n) is 11.9. The van der Waals surface area contributed by atoms with Crippen molar-refractivity contribution < 1.29 is 4.79 Å². The van der Waals surface area contributed by atoms with Crippen molar-refractivity contribution in [3.05, 3.63) is 18.0 Å². The molecule has 5 heteroatoms. The minimum atomic E-state index is 0.238. The molecule has 5 nitrogen and oxygen atoms in total. The number of carbonyl (C=O) groups excluding carboxylic acids is 1. The van der Waals surface area contributed by atoms with Crippen molar-refractivity contribution in [3.63, 3.8) is 0 Å². The third-order valence-electron chi connectivity index (χ3n) is 3.65. The molecule has 1 N–H and O–H groups in total. The van der Waals surface area contributed by atoms with Crippen LogP contribution in [0.15, 0.2) is 12.4 Å². The van der Waals surface area contributed by atoms with Gasteiger partial charge >= 0.3 is 0 Å². The second kappa shape index (κ2) is 6.70. The lowest BCUT2D eigenvalue weighted by Gasteiger charge is -2.34. The van der Waals surface area contributed by atoms with Crippen LogP contribution in [0.1, 0.15) is 31.7 Å². The number of carbonyl (C=O) groups is 1. The second-order valence-corrected chi connectivity index (χ2v) is 5.27. The van der Waals surface area contributed by atoms with Gasteiger partial charge in [-0.2, -0.15) is 5.10 Å². The third kappa shape index (κ3) is 3.80. The third-order valence-corrected chi connectivity index (χ3v) is 3.65. The number of aromatic nitrogens is 2. The van der Waals surface area contributed by atoms with E-state index in [4.69, 9.17) is 0 Å². The molecule has 0 atom stereocenters. The van der Waals surface area contributed by atoms with Crippen molar-refractivity contribution in [2.75, 3.05) is 19.6 Å². The Bertz CT molecular complexity index is 409. The van der Waals surface area contributed by atoms with Crippen molar-refractivity contribution in [1.82, 2.24) is 20.0 Å². The van der Waals surface area contributed by atoms with Crippen LogP contribution in [0.2, 0.25) is 0 Å². The molecule has 0 radical (unpaired) electrons. The summed E-state index contributed by atoms with van der Waals surface area (Å²) >= 11 is 0. The van der Waals surface area contributed by atoms with Crippen LogP contribution in [0, 0.1) is 0 Å². The van der Waals surface area contributed by atoms with Crippen LogP contribution in [-0.2, 0) is 18.3 Å². The molecule has 2 heterocycles. The molecular weight excluding hydrogens is 240 g/mol. The molecule has 0 spiro atoms. The summed E-state index contributed by atoms with van der Waals surface area (Å²) in [5.41, 5.74) is 1.00. The fourth-order valence-corrected chi connectivity index (χ4v) is 2.71. The highest BCUT2D eigenvalue weighted by atomic mass is 16.2. The second-order valence-electron chi connectivity index (χ2n) is 5.27. The lowest BCUT2D eigenvalue weighted by Crippen LogP contribution is -2.47. The van der Waals surface area contributed by atoms with Crippen LogP contribution in [0.5, 0.6) is 0 Å². The van der Waals surface area contributed by atoms with Crippen molar-refractivity contribution in [2.24, 2.45) is 7.05 Å². The average molecular weight is 264 g/mol. The summed E-state index contributed by atoms with van der Waals surface area (Å²) in [6.07, 6.45) is 7.33. The summed E-state index contributed by atoms with van der Waals surface area (Å²) in [4.78, 5) is 14.6. The lowest BCUT2D eigenvalue weighted by atomic mass is 10.0. The SMILES string of the molecule is CCCN(C(=O)Cc1cnn(C)c1)C1CCNCC1. The Labute approximate surface area is 115 Å². The molecule has 0 unspecified atom stereocenters. The van der Waals surface area contributed by atoms with Gasteiger partial charge < -0.3 is 10.2 Å². The van der Waals surface area contributed by atoms with Gasteiger partial charge in [0.25, 0.3) is 0 Å². The Hall–Kier alpha value is -1.36. The Balaban J connectivity index is 1.98. The molecule has 1 aromatic heterocycles. The maximum atomic E-state index is 12.5. The molecule has 0 aliphatic carbocycles. The van der Waals surface area contributed by atoms with Gasteiger partial charge in [-0.3, -0.25) is 9.48 Å². The van der Waals surface area contributed by atoms with E-state index in [1.165, 1.54) is 0 Å². The molecule has 19 heavy (non-hydrogen) atoms. The van der Waals surface area contributed by atoms with Crippen molar-refractivity contribution in [2.45, 2.75) is 38.6 Å². The number of piperidine rings is 1. The predicted molar refractivity (Wildman–Crippen MR) is 74.8 cm³/mol. The van der Waals surface area contributed by atoms with E-state index in [0.29, 0.717) is 12.5 Å². The fraction of sp³-hybridized carbons (Fsp3) is 0.714. The number of hydrogen-bond donors (Lipinski definition) is 1. The summed E-state index contributed by atoms with van der Waals surface area (Å²) in [6.45, 7) is 5.03. The average Bonchev–Trinajstić information content (AvgIpc) is 2.82. The van der Waals surface area contributed by atoms with Gasteiger partial charge in [-0.1, -0.05) is 6.92 Å². The topological polar surface area (TPSA) is 50.2 Å². The number of nitrogens with one attached hydrogen (secondary N) is 1. The first-order valence-corrected chi connectivity index (χ1v) is 7.18. The quantitative estimate of drug-likeness (QED) is 0.861. The first-order valence-electron chi connectivity index (χ1n) is 7.18. The largest absolute Gasteiger partial charge is 0.339 e. The molecule has 0 saturated carbocycles. The molecule has 1 amide bonds. The summed E-state index contributed by atoms with van der Waals surface area (Å²) in [6, 6.07) is 0.408. The zero-order chi connectivity index (χ0) is 13.7. The summed E-state index contributed by atoms with van der Waals surface area (Å²) in [5, 5.41) is 7.48. The van der Waals surface area contributed by atoms with Gasteiger partial charge in [0, 0.05) is 25.8 Å². The summed E-state index contributed by atoms with van der Waals surface area (Å²) in [7, 11) is 1.88. The molecule has 1 saturated heterocycles. The molecule has 1 aromatic rings. The monoisotopic (exact) mass is 264 g/mol. The van der Waals surface area contributed by atoms with E-state index < -0.39 is 0 Å². The van der Waals surface area contributed by atoms with Gasteiger partial charge in [-0.15, -0.1) is 0 Å². The summed E-state index contributed by atoms with van der Waals surface area (Å²) in [5.74, 6) is 0.238. The minimum Gasteiger partial charge on any atom is -0.339 e. The smallest absolute Gasteiger partial charge is 0.227 e. The number of hydrogen-bond acceptors (Lipinski definition) is 3. The molecule has 0 bridgehead atoms. The van der Waals surface area contributed by atoms with Crippen LogP contribution in [0.3, 0.4) is 0 Å².